The van der Waals surface area contributed by atoms with Crippen molar-refractivity contribution in [3.63, 3.8) is 0 Å². The summed E-state index contributed by atoms with van der Waals surface area (Å²) in [7, 11) is 2.12. The number of rotatable bonds is 5. The molecule has 0 bridgehead atoms. The monoisotopic (exact) mass is 276 g/mol. The van der Waals surface area contributed by atoms with Crippen LogP contribution in [0.5, 0.6) is 0 Å². The molecule has 1 spiro atoms. The van der Waals surface area contributed by atoms with Crippen LogP contribution in [0.25, 0.3) is 0 Å². The zero-order valence-corrected chi connectivity index (χ0v) is 12.9. The smallest absolute Gasteiger partial charge is 0.0661 e. The largest absolute Gasteiger partial charge is 0.378 e. The van der Waals surface area contributed by atoms with Crippen LogP contribution in [0, 0.1) is 5.41 Å². The normalized spacial score (nSPS) is 28.5. The second-order valence-corrected chi connectivity index (χ2v) is 6.52. The first kappa shape index (κ1) is 14.2. The molecule has 2 fully saturated rings. The molecule has 0 aromatic carbocycles. The highest BCUT2D eigenvalue weighted by Crippen LogP contribution is 2.53. The van der Waals surface area contributed by atoms with Crippen LogP contribution in [0.15, 0.2) is 18.3 Å². The third-order valence-corrected chi connectivity index (χ3v) is 5.52. The second kappa shape index (κ2) is 5.90. The Morgan fingerprint density at radius 1 is 1.35 bits per heavy atom. The van der Waals surface area contributed by atoms with Gasteiger partial charge in [0, 0.05) is 43.5 Å². The van der Waals surface area contributed by atoms with E-state index in [1.54, 1.807) is 0 Å². The van der Waals surface area contributed by atoms with E-state index in [4.69, 9.17) is 4.74 Å². The van der Waals surface area contributed by atoms with Gasteiger partial charge >= 0.3 is 0 Å². The predicted molar refractivity (Wildman–Crippen MR) is 81.6 cm³/mol. The molecule has 2 aliphatic rings. The Labute approximate surface area is 122 Å². The van der Waals surface area contributed by atoms with E-state index in [1.165, 1.54) is 44.2 Å². The molecule has 3 rings (SSSR count). The Hall–Kier alpha value is -0.800. The van der Waals surface area contributed by atoms with Gasteiger partial charge in [-0.3, -0.25) is 0 Å². The fraction of sp³-hybridized carbons (Fsp3) is 0.765. The van der Waals surface area contributed by atoms with Crippen molar-refractivity contribution in [3.05, 3.63) is 24.0 Å². The first-order valence-electron chi connectivity index (χ1n) is 8.21. The lowest BCUT2D eigenvalue weighted by Crippen LogP contribution is -2.64. The van der Waals surface area contributed by atoms with Crippen molar-refractivity contribution in [1.29, 1.82) is 0 Å². The quantitative estimate of drug-likeness (QED) is 0.893. The summed E-state index contributed by atoms with van der Waals surface area (Å²) < 4.78 is 8.22. The summed E-state index contributed by atoms with van der Waals surface area (Å²) in [5.41, 5.74) is 1.80. The second-order valence-electron chi connectivity index (χ2n) is 6.52. The molecule has 2 aliphatic carbocycles. The first-order valence-corrected chi connectivity index (χ1v) is 8.21. The van der Waals surface area contributed by atoms with E-state index < -0.39 is 0 Å². The average molecular weight is 276 g/mol. The minimum atomic E-state index is 0.430. The van der Waals surface area contributed by atoms with Crippen molar-refractivity contribution in [2.24, 2.45) is 12.5 Å². The molecule has 3 nitrogen and oxygen atoms in total. The minimum absolute atomic E-state index is 0.430. The van der Waals surface area contributed by atoms with Crippen LogP contribution in [0.3, 0.4) is 0 Å². The molecule has 1 N–H and O–H groups in total. The lowest BCUT2D eigenvalue weighted by Gasteiger charge is -2.58. The molecule has 2 saturated carbocycles. The number of nitrogens with one attached hydrogen (secondary N) is 1. The topological polar surface area (TPSA) is 26.2 Å². The summed E-state index contributed by atoms with van der Waals surface area (Å²) >= 11 is 0. The minimum Gasteiger partial charge on any atom is -0.378 e. The maximum atomic E-state index is 6.02. The highest BCUT2D eigenvalue weighted by Gasteiger charge is 2.55. The van der Waals surface area contributed by atoms with E-state index in [1.807, 2.05) is 0 Å². The van der Waals surface area contributed by atoms with E-state index in [0.29, 0.717) is 17.6 Å². The van der Waals surface area contributed by atoms with Crippen LogP contribution in [0.4, 0.5) is 0 Å². The summed E-state index contributed by atoms with van der Waals surface area (Å²) in [5.74, 6) is 0. The van der Waals surface area contributed by atoms with Crippen molar-refractivity contribution in [3.8, 4) is 0 Å². The molecule has 20 heavy (non-hydrogen) atoms. The molecular weight excluding hydrogens is 248 g/mol. The van der Waals surface area contributed by atoms with Gasteiger partial charge in [0.2, 0.25) is 0 Å². The average Bonchev–Trinajstić information content (AvgIpc) is 2.88. The Morgan fingerprint density at radius 2 is 2.15 bits per heavy atom. The van der Waals surface area contributed by atoms with Gasteiger partial charge in [0.05, 0.1) is 6.10 Å². The molecule has 2 atom stereocenters. The van der Waals surface area contributed by atoms with E-state index in [-0.39, 0.29) is 0 Å². The van der Waals surface area contributed by atoms with Crippen molar-refractivity contribution in [2.75, 3.05) is 6.61 Å². The maximum Gasteiger partial charge on any atom is 0.0661 e. The van der Waals surface area contributed by atoms with E-state index in [2.05, 4.69) is 42.2 Å². The fourth-order valence-corrected chi connectivity index (χ4v) is 4.26. The van der Waals surface area contributed by atoms with E-state index in [9.17, 15) is 0 Å². The number of hydrogen-bond donors (Lipinski definition) is 1. The highest BCUT2D eigenvalue weighted by molar-refractivity contribution is 5.11. The van der Waals surface area contributed by atoms with Crippen molar-refractivity contribution in [2.45, 2.75) is 64.1 Å². The fourth-order valence-electron chi connectivity index (χ4n) is 4.26. The summed E-state index contributed by atoms with van der Waals surface area (Å²) in [6.45, 7) is 3.97. The van der Waals surface area contributed by atoms with Gasteiger partial charge in [-0.05, 0) is 38.3 Å². The lowest BCUT2D eigenvalue weighted by atomic mass is 9.55. The maximum absolute atomic E-state index is 6.02. The molecule has 0 amide bonds. The van der Waals surface area contributed by atoms with Crippen LogP contribution in [-0.2, 0) is 18.3 Å². The van der Waals surface area contributed by atoms with Crippen LogP contribution >= 0.6 is 0 Å². The van der Waals surface area contributed by atoms with Crippen LogP contribution < -0.4 is 5.32 Å². The zero-order chi connectivity index (χ0) is 14.0. The van der Waals surface area contributed by atoms with Crippen LogP contribution in [0.2, 0.25) is 0 Å². The molecule has 0 saturated heterocycles. The SMILES string of the molecule is CCOC1CC(NCc2cccn2C)C12CCCCC2. The third-order valence-electron chi connectivity index (χ3n) is 5.52. The van der Waals surface area contributed by atoms with Gasteiger partial charge in [0.15, 0.2) is 0 Å². The summed E-state index contributed by atoms with van der Waals surface area (Å²) in [6, 6.07) is 4.98. The van der Waals surface area contributed by atoms with Gasteiger partial charge in [-0.25, -0.2) is 0 Å². The number of hydrogen-bond acceptors (Lipinski definition) is 2. The molecule has 3 heteroatoms. The highest BCUT2D eigenvalue weighted by atomic mass is 16.5. The van der Waals surface area contributed by atoms with E-state index in [0.717, 1.165) is 13.2 Å². The molecule has 112 valence electrons. The third kappa shape index (κ3) is 2.42. The van der Waals surface area contributed by atoms with Crippen LogP contribution in [-0.4, -0.2) is 23.3 Å². The number of aromatic nitrogens is 1. The molecule has 0 aliphatic heterocycles. The summed E-state index contributed by atoms with van der Waals surface area (Å²) in [6.07, 6.45) is 10.7. The molecule has 0 radical (unpaired) electrons. The van der Waals surface area contributed by atoms with Gasteiger partial charge in [-0.2, -0.15) is 0 Å². The van der Waals surface area contributed by atoms with Gasteiger partial charge in [0.1, 0.15) is 0 Å². The van der Waals surface area contributed by atoms with Gasteiger partial charge in [-0.1, -0.05) is 19.3 Å². The van der Waals surface area contributed by atoms with Gasteiger partial charge in [0.25, 0.3) is 0 Å². The number of aryl methyl sites for hydroxylation is 1. The van der Waals surface area contributed by atoms with Gasteiger partial charge in [-0.15, -0.1) is 0 Å². The number of ether oxygens (including phenoxy) is 1. The Bertz CT molecular complexity index is 434. The molecule has 2 unspecified atom stereocenters. The molecule has 1 heterocycles. The van der Waals surface area contributed by atoms with Crippen molar-refractivity contribution in [1.82, 2.24) is 9.88 Å². The Balaban J connectivity index is 1.62. The van der Waals surface area contributed by atoms with Crippen molar-refractivity contribution < 1.29 is 4.74 Å². The van der Waals surface area contributed by atoms with Crippen molar-refractivity contribution >= 4 is 0 Å². The van der Waals surface area contributed by atoms with E-state index >= 15 is 0 Å². The summed E-state index contributed by atoms with van der Waals surface area (Å²) in [5, 5.41) is 3.81. The summed E-state index contributed by atoms with van der Waals surface area (Å²) in [4.78, 5) is 0. The zero-order valence-electron chi connectivity index (χ0n) is 12.9. The van der Waals surface area contributed by atoms with Crippen LogP contribution in [0.1, 0.15) is 51.1 Å². The first-order chi connectivity index (χ1) is 9.76. The number of nitrogens with zero attached hydrogens (tertiary/aromatic N) is 1. The Kier molecular flexibility index (Phi) is 4.18. The molecule has 1 aromatic rings. The standard InChI is InChI=1S/C17H28N2O/c1-3-20-16-12-15(17(16)9-5-4-6-10-17)18-13-14-8-7-11-19(14)2/h7-8,11,15-16,18H,3-6,9-10,12-13H2,1-2H3. The van der Waals surface area contributed by atoms with Gasteiger partial charge < -0.3 is 14.6 Å². The molecular formula is C17H28N2O. The molecule has 1 aromatic heterocycles. The Morgan fingerprint density at radius 3 is 2.80 bits per heavy atom. The predicted octanol–water partition coefficient (Wildman–Crippen LogP) is 3.24. The lowest BCUT2D eigenvalue weighted by molar-refractivity contribution is -0.150.